The van der Waals surface area contributed by atoms with E-state index in [-0.39, 0.29) is 5.60 Å². The average molecular weight is 297 g/mol. The molecule has 1 N–H and O–H groups in total. The predicted octanol–water partition coefficient (Wildman–Crippen LogP) is 2.37. The largest absolute Gasteiger partial charge is 0.378 e. The zero-order valence-corrected chi connectivity index (χ0v) is 13.6. The van der Waals surface area contributed by atoms with Crippen LogP contribution in [0.4, 0.5) is 0 Å². The highest BCUT2D eigenvalue weighted by atomic mass is 16.6. The molecule has 0 radical (unpaired) electrons. The maximum Gasteiger partial charge on any atom is 0.0939 e. The van der Waals surface area contributed by atoms with Crippen molar-refractivity contribution in [3.63, 3.8) is 0 Å². The molecule has 4 heteroatoms. The summed E-state index contributed by atoms with van der Waals surface area (Å²) >= 11 is 0. The highest BCUT2D eigenvalue weighted by molar-refractivity contribution is 4.99. The van der Waals surface area contributed by atoms with Gasteiger partial charge in [0.05, 0.1) is 18.3 Å². The topological polar surface area (TPSA) is 39.7 Å². The van der Waals surface area contributed by atoms with Gasteiger partial charge in [-0.2, -0.15) is 0 Å². The van der Waals surface area contributed by atoms with Crippen LogP contribution in [-0.4, -0.2) is 50.7 Å². The molecule has 0 bridgehead atoms. The Bertz CT molecular complexity index is 326. The first-order valence-electron chi connectivity index (χ1n) is 8.84. The van der Waals surface area contributed by atoms with Gasteiger partial charge in [0, 0.05) is 32.3 Å². The van der Waals surface area contributed by atoms with Gasteiger partial charge >= 0.3 is 0 Å². The summed E-state index contributed by atoms with van der Waals surface area (Å²) in [6.07, 6.45) is 6.40. The van der Waals surface area contributed by atoms with Crippen LogP contribution >= 0.6 is 0 Å². The van der Waals surface area contributed by atoms with Crippen molar-refractivity contribution in [1.82, 2.24) is 5.32 Å². The lowest BCUT2D eigenvalue weighted by Gasteiger charge is -2.43. The molecule has 0 aromatic carbocycles. The summed E-state index contributed by atoms with van der Waals surface area (Å²) < 4.78 is 17.9. The molecule has 3 rings (SSSR count). The standard InChI is InChI=1S/C17H31NO3/c1-3-18-15(16(20-4-2)13-5-6-13)14-7-9-21-17(11-14)8-10-19-12-17/h13-16,18H,3-12H2,1-2H3. The molecule has 2 aliphatic heterocycles. The van der Waals surface area contributed by atoms with E-state index in [1.165, 1.54) is 12.8 Å². The second kappa shape index (κ2) is 6.95. The molecular formula is C17H31NO3. The highest BCUT2D eigenvalue weighted by Crippen LogP contribution is 2.42. The molecule has 0 aromatic rings. The van der Waals surface area contributed by atoms with Gasteiger partial charge in [-0.25, -0.2) is 0 Å². The molecule has 0 amide bonds. The lowest BCUT2D eigenvalue weighted by atomic mass is 9.78. The quantitative estimate of drug-likeness (QED) is 0.783. The van der Waals surface area contributed by atoms with E-state index in [9.17, 15) is 0 Å². The van der Waals surface area contributed by atoms with E-state index in [0.29, 0.717) is 18.1 Å². The number of hydrogen-bond acceptors (Lipinski definition) is 4. The molecule has 4 nitrogen and oxygen atoms in total. The Morgan fingerprint density at radius 1 is 1.19 bits per heavy atom. The van der Waals surface area contributed by atoms with E-state index in [0.717, 1.165) is 58.2 Å². The smallest absolute Gasteiger partial charge is 0.0939 e. The molecule has 3 aliphatic rings. The summed E-state index contributed by atoms with van der Waals surface area (Å²) in [6, 6.07) is 0.476. The van der Waals surface area contributed by atoms with Crippen molar-refractivity contribution in [3.8, 4) is 0 Å². The molecule has 4 atom stereocenters. The van der Waals surface area contributed by atoms with Crippen LogP contribution in [0.3, 0.4) is 0 Å². The zero-order valence-electron chi connectivity index (χ0n) is 13.6. The minimum Gasteiger partial charge on any atom is -0.378 e. The maximum absolute atomic E-state index is 6.15. The molecule has 1 saturated carbocycles. The molecule has 3 fully saturated rings. The van der Waals surface area contributed by atoms with E-state index in [1.54, 1.807) is 0 Å². The summed E-state index contributed by atoms with van der Waals surface area (Å²) in [5.74, 6) is 1.42. The third kappa shape index (κ3) is 3.61. The first kappa shape index (κ1) is 15.7. The van der Waals surface area contributed by atoms with E-state index in [2.05, 4.69) is 19.2 Å². The molecule has 4 unspecified atom stereocenters. The Morgan fingerprint density at radius 3 is 2.67 bits per heavy atom. The maximum atomic E-state index is 6.15. The Labute approximate surface area is 128 Å². The van der Waals surface area contributed by atoms with Crippen molar-refractivity contribution in [3.05, 3.63) is 0 Å². The first-order valence-corrected chi connectivity index (χ1v) is 8.84. The van der Waals surface area contributed by atoms with Crippen LogP contribution in [0.25, 0.3) is 0 Å². The van der Waals surface area contributed by atoms with E-state index < -0.39 is 0 Å². The van der Waals surface area contributed by atoms with Gasteiger partial charge in [-0.3, -0.25) is 0 Å². The van der Waals surface area contributed by atoms with Crippen LogP contribution in [0, 0.1) is 11.8 Å². The van der Waals surface area contributed by atoms with Crippen molar-refractivity contribution in [2.45, 2.75) is 63.7 Å². The SMILES string of the molecule is CCNC(C1CCOC2(CCOC2)C1)C(OCC)C1CC1. The molecule has 2 heterocycles. The van der Waals surface area contributed by atoms with Crippen molar-refractivity contribution < 1.29 is 14.2 Å². The molecular weight excluding hydrogens is 266 g/mol. The van der Waals surface area contributed by atoms with Crippen LogP contribution in [0.2, 0.25) is 0 Å². The Hall–Kier alpha value is -0.160. The van der Waals surface area contributed by atoms with Gasteiger partial charge in [0.2, 0.25) is 0 Å². The van der Waals surface area contributed by atoms with Crippen LogP contribution in [0.1, 0.15) is 46.0 Å². The summed E-state index contributed by atoms with van der Waals surface area (Å²) in [7, 11) is 0. The zero-order chi connectivity index (χ0) is 14.7. The summed E-state index contributed by atoms with van der Waals surface area (Å²) in [4.78, 5) is 0. The van der Waals surface area contributed by atoms with Crippen molar-refractivity contribution in [2.24, 2.45) is 11.8 Å². The van der Waals surface area contributed by atoms with Gasteiger partial charge in [-0.15, -0.1) is 0 Å². The third-order valence-electron chi connectivity index (χ3n) is 5.35. The molecule has 2 saturated heterocycles. The number of nitrogens with one attached hydrogen (secondary N) is 1. The summed E-state index contributed by atoms with van der Waals surface area (Å²) in [5, 5.41) is 3.74. The minimum atomic E-state index is -0.00307. The monoisotopic (exact) mass is 297 g/mol. The van der Waals surface area contributed by atoms with Crippen molar-refractivity contribution >= 4 is 0 Å². The van der Waals surface area contributed by atoms with E-state index in [4.69, 9.17) is 14.2 Å². The van der Waals surface area contributed by atoms with Gasteiger partial charge in [-0.05, 0) is 51.0 Å². The molecule has 1 spiro atoms. The molecule has 21 heavy (non-hydrogen) atoms. The lowest BCUT2D eigenvalue weighted by Crippen LogP contribution is -2.53. The highest BCUT2D eigenvalue weighted by Gasteiger charge is 2.47. The molecule has 1 aliphatic carbocycles. The minimum absolute atomic E-state index is 0.00307. The van der Waals surface area contributed by atoms with Crippen LogP contribution < -0.4 is 5.32 Å². The van der Waals surface area contributed by atoms with Gasteiger partial charge in [0.25, 0.3) is 0 Å². The Morgan fingerprint density at radius 2 is 2.05 bits per heavy atom. The molecule has 0 aromatic heterocycles. The third-order valence-corrected chi connectivity index (χ3v) is 5.35. The average Bonchev–Trinajstić information content (AvgIpc) is 3.25. The number of likely N-dealkylation sites (N-methyl/N-ethyl adjacent to an activating group) is 1. The number of ether oxygens (including phenoxy) is 3. The second-order valence-corrected chi connectivity index (χ2v) is 6.93. The fourth-order valence-electron chi connectivity index (χ4n) is 4.17. The summed E-state index contributed by atoms with van der Waals surface area (Å²) in [6.45, 7) is 8.67. The normalized spacial score (nSPS) is 36.0. The summed E-state index contributed by atoms with van der Waals surface area (Å²) in [5.41, 5.74) is -0.00307. The fraction of sp³-hybridized carbons (Fsp3) is 1.00. The van der Waals surface area contributed by atoms with E-state index >= 15 is 0 Å². The van der Waals surface area contributed by atoms with Crippen molar-refractivity contribution in [2.75, 3.05) is 33.0 Å². The molecule has 122 valence electrons. The Kier molecular flexibility index (Phi) is 5.20. The predicted molar refractivity (Wildman–Crippen MR) is 82.4 cm³/mol. The number of rotatable bonds is 7. The van der Waals surface area contributed by atoms with Crippen molar-refractivity contribution in [1.29, 1.82) is 0 Å². The van der Waals surface area contributed by atoms with Gasteiger partial charge in [0.1, 0.15) is 0 Å². The van der Waals surface area contributed by atoms with Gasteiger partial charge in [-0.1, -0.05) is 6.92 Å². The van der Waals surface area contributed by atoms with Crippen LogP contribution in [-0.2, 0) is 14.2 Å². The van der Waals surface area contributed by atoms with Crippen LogP contribution in [0.5, 0.6) is 0 Å². The van der Waals surface area contributed by atoms with Crippen LogP contribution in [0.15, 0.2) is 0 Å². The second-order valence-electron chi connectivity index (χ2n) is 6.93. The Balaban J connectivity index is 1.69. The lowest BCUT2D eigenvalue weighted by molar-refractivity contribution is -0.114. The van der Waals surface area contributed by atoms with E-state index in [1.807, 2.05) is 0 Å². The van der Waals surface area contributed by atoms with Gasteiger partial charge < -0.3 is 19.5 Å². The first-order chi connectivity index (χ1) is 10.3. The fourth-order valence-corrected chi connectivity index (χ4v) is 4.17. The van der Waals surface area contributed by atoms with Gasteiger partial charge in [0.15, 0.2) is 0 Å². The number of hydrogen-bond donors (Lipinski definition) is 1.